The molecule has 2 atom stereocenters. The summed E-state index contributed by atoms with van der Waals surface area (Å²) in [6, 6.07) is 12.3. The second-order valence-electron chi connectivity index (χ2n) is 4.83. The summed E-state index contributed by atoms with van der Waals surface area (Å²) in [6.45, 7) is 0. The lowest BCUT2D eigenvalue weighted by atomic mass is 9.91. The van der Waals surface area contributed by atoms with E-state index in [1.54, 1.807) is 6.08 Å². The molecule has 2 aliphatic carbocycles. The first kappa shape index (κ1) is 10.1. The molecule has 18 heavy (non-hydrogen) atoms. The van der Waals surface area contributed by atoms with Crippen LogP contribution in [-0.4, -0.2) is 22.4 Å². The Morgan fingerprint density at radius 2 is 1.61 bits per heavy atom. The van der Waals surface area contributed by atoms with E-state index in [2.05, 4.69) is 18.2 Å². The van der Waals surface area contributed by atoms with Crippen LogP contribution in [0.3, 0.4) is 0 Å². The Balaban J connectivity index is 2.13. The van der Waals surface area contributed by atoms with Gasteiger partial charge in [0.15, 0.2) is 0 Å². The van der Waals surface area contributed by atoms with Gasteiger partial charge in [-0.2, -0.15) is 0 Å². The quantitative estimate of drug-likeness (QED) is 0.737. The summed E-state index contributed by atoms with van der Waals surface area (Å²) in [7, 11) is 0. The predicted octanol–water partition coefficient (Wildman–Crippen LogP) is 2.36. The lowest BCUT2D eigenvalue weighted by molar-refractivity contribution is 0.0865. The van der Waals surface area contributed by atoms with E-state index in [9.17, 15) is 10.2 Å². The van der Waals surface area contributed by atoms with E-state index in [0.29, 0.717) is 0 Å². The molecule has 2 nitrogen and oxygen atoms in total. The Kier molecular flexibility index (Phi) is 1.85. The number of aliphatic hydroxyl groups excluding tert-OH is 2. The Morgan fingerprint density at radius 3 is 2.39 bits per heavy atom. The molecule has 2 heteroatoms. The number of hydrogen-bond donors (Lipinski definition) is 2. The fraction of sp³-hybridized carbons (Fsp3) is 0.125. The minimum absolute atomic E-state index is 0.812. The highest BCUT2D eigenvalue weighted by atomic mass is 16.3. The molecule has 4 rings (SSSR count). The van der Waals surface area contributed by atoms with Crippen LogP contribution in [0.15, 0.2) is 48.6 Å². The van der Waals surface area contributed by atoms with Gasteiger partial charge in [-0.25, -0.2) is 0 Å². The maximum atomic E-state index is 10.2. The molecule has 0 fully saturated rings. The number of fused-ring (bicyclic) bond motifs is 2. The highest BCUT2D eigenvalue weighted by Crippen LogP contribution is 2.46. The highest BCUT2D eigenvalue weighted by molar-refractivity contribution is 6.17. The summed E-state index contributed by atoms with van der Waals surface area (Å²) < 4.78 is 0. The highest BCUT2D eigenvalue weighted by Gasteiger charge is 2.32. The fourth-order valence-electron chi connectivity index (χ4n) is 3.05. The lowest BCUT2D eigenvalue weighted by Gasteiger charge is -2.22. The fourth-order valence-corrected chi connectivity index (χ4v) is 3.05. The van der Waals surface area contributed by atoms with Crippen molar-refractivity contribution in [3.8, 4) is 0 Å². The molecule has 2 aliphatic rings. The van der Waals surface area contributed by atoms with Crippen molar-refractivity contribution in [2.75, 3.05) is 0 Å². The van der Waals surface area contributed by atoms with Crippen LogP contribution in [0, 0.1) is 0 Å². The Hall–Kier alpha value is -1.90. The number of rotatable bonds is 0. The monoisotopic (exact) mass is 236 g/mol. The topological polar surface area (TPSA) is 40.5 Å². The first-order valence-electron chi connectivity index (χ1n) is 6.08. The molecule has 2 unspecified atom stereocenters. The minimum Gasteiger partial charge on any atom is -0.386 e. The Labute approximate surface area is 105 Å². The Bertz CT molecular complexity index is 720. The normalized spacial score (nSPS) is 24.8. The van der Waals surface area contributed by atoms with E-state index < -0.39 is 12.2 Å². The van der Waals surface area contributed by atoms with Crippen LogP contribution in [0.25, 0.3) is 21.9 Å². The second kappa shape index (κ2) is 3.31. The van der Waals surface area contributed by atoms with Crippen LogP contribution in [0.1, 0.15) is 11.1 Å². The van der Waals surface area contributed by atoms with Crippen LogP contribution in [0.2, 0.25) is 0 Å². The van der Waals surface area contributed by atoms with Gasteiger partial charge in [-0.15, -0.1) is 0 Å². The molecule has 2 N–H and O–H groups in total. The summed E-state index contributed by atoms with van der Waals surface area (Å²) >= 11 is 0. The van der Waals surface area contributed by atoms with Gasteiger partial charge in [-0.1, -0.05) is 48.6 Å². The van der Waals surface area contributed by atoms with Gasteiger partial charge in [-0.3, -0.25) is 0 Å². The number of benzene rings is 2. The van der Waals surface area contributed by atoms with E-state index in [4.69, 9.17) is 0 Å². The van der Waals surface area contributed by atoms with Gasteiger partial charge in [0.2, 0.25) is 0 Å². The van der Waals surface area contributed by atoms with Crippen LogP contribution < -0.4 is 0 Å². The van der Waals surface area contributed by atoms with Gasteiger partial charge in [0.1, 0.15) is 12.2 Å². The zero-order valence-corrected chi connectivity index (χ0v) is 9.67. The molecular formula is C16H12O2. The van der Waals surface area contributed by atoms with Gasteiger partial charge in [0.05, 0.1) is 0 Å². The number of allylic oxidation sites excluding steroid dienone is 2. The molecule has 0 heterocycles. The minimum atomic E-state index is -0.831. The van der Waals surface area contributed by atoms with E-state index in [-0.39, 0.29) is 0 Å². The molecular weight excluding hydrogens is 224 g/mol. The van der Waals surface area contributed by atoms with Crippen molar-refractivity contribution in [2.24, 2.45) is 0 Å². The molecule has 0 saturated carbocycles. The molecule has 0 aromatic heterocycles. The molecule has 0 saturated heterocycles. The summed E-state index contributed by atoms with van der Waals surface area (Å²) in [6.07, 6.45) is 1.94. The number of aliphatic hydroxyl groups is 2. The molecule has 88 valence electrons. The summed E-state index contributed by atoms with van der Waals surface area (Å²) in [5.74, 6) is 0. The van der Waals surface area contributed by atoms with Gasteiger partial charge >= 0.3 is 0 Å². The van der Waals surface area contributed by atoms with E-state index >= 15 is 0 Å². The third-order valence-corrected chi connectivity index (χ3v) is 3.85. The summed E-state index contributed by atoms with van der Waals surface area (Å²) in [4.78, 5) is 0. The lowest BCUT2D eigenvalue weighted by Crippen LogP contribution is -2.27. The van der Waals surface area contributed by atoms with Crippen molar-refractivity contribution < 1.29 is 10.2 Å². The largest absolute Gasteiger partial charge is 0.386 e. The molecule has 0 spiro atoms. The average Bonchev–Trinajstić information content (AvgIpc) is 2.72. The van der Waals surface area contributed by atoms with Gasteiger partial charge in [-0.05, 0) is 33.0 Å². The maximum Gasteiger partial charge on any atom is 0.110 e. The summed E-state index contributed by atoms with van der Waals surface area (Å²) in [5, 5.41) is 22.4. The molecule has 0 radical (unpaired) electrons. The molecule has 0 aliphatic heterocycles. The molecule has 2 aromatic rings. The zero-order chi connectivity index (χ0) is 12.3. The standard InChI is InChI=1S/C16H12O2/c17-13-8-7-11-10-5-1-3-9-4-2-6-12(14(9)10)15(11)16(13)18/h1-8,13,16-18H. The third-order valence-electron chi connectivity index (χ3n) is 3.85. The molecule has 0 bridgehead atoms. The maximum absolute atomic E-state index is 10.2. The van der Waals surface area contributed by atoms with E-state index in [1.807, 2.05) is 24.3 Å². The van der Waals surface area contributed by atoms with Crippen LogP contribution in [0.5, 0.6) is 0 Å². The third kappa shape index (κ3) is 1.09. The SMILES string of the molecule is OC1C=CC2=C(c3cccc4cccc2c34)C1O. The van der Waals surface area contributed by atoms with Gasteiger partial charge in [0, 0.05) is 0 Å². The van der Waals surface area contributed by atoms with E-state index in [1.165, 1.54) is 10.8 Å². The zero-order valence-electron chi connectivity index (χ0n) is 9.67. The average molecular weight is 236 g/mol. The van der Waals surface area contributed by atoms with Gasteiger partial charge < -0.3 is 10.2 Å². The van der Waals surface area contributed by atoms with Crippen molar-refractivity contribution in [3.63, 3.8) is 0 Å². The van der Waals surface area contributed by atoms with Crippen molar-refractivity contribution in [3.05, 3.63) is 59.7 Å². The predicted molar refractivity (Wildman–Crippen MR) is 71.9 cm³/mol. The molecule has 0 amide bonds. The van der Waals surface area contributed by atoms with Crippen LogP contribution >= 0.6 is 0 Å². The van der Waals surface area contributed by atoms with Crippen molar-refractivity contribution in [1.82, 2.24) is 0 Å². The van der Waals surface area contributed by atoms with E-state index in [0.717, 1.165) is 22.3 Å². The first-order chi connectivity index (χ1) is 8.77. The summed E-state index contributed by atoms with van der Waals surface area (Å²) in [5.41, 5.74) is 4.10. The van der Waals surface area contributed by atoms with Crippen LogP contribution in [-0.2, 0) is 0 Å². The van der Waals surface area contributed by atoms with Gasteiger partial charge in [0.25, 0.3) is 0 Å². The Morgan fingerprint density at radius 1 is 0.889 bits per heavy atom. The smallest absolute Gasteiger partial charge is 0.110 e. The number of hydrogen-bond acceptors (Lipinski definition) is 2. The first-order valence-corrected chi connectivity index (χ1v) is 6.08. The van der Waals surface area contributed by atoms with Crippen molar-refractivity contribution >= 4 is 21.9 Å². The van der Waals surface area contributed by atoms with Crippen molar-refractivity contribution in [1.29, 1.82) is 0 Å². The molecule has 2 aromatic carbocycles. The second-order valence-corrected chi connectivity index (χ2v) is 4.83. The van der Waals surface area contributed by atoms with Crippen molar-refractivity contribution in [2.45, 2.75) is 12.2 Å². The van der Waals surface area contributed by atoms with Crippen LogP contribution in [0.4, 0.5) is 0 Å².